The van der Waals surface area contributed by atoms with Crippen LogP contribution in [-0.2, 0) is 20.7 Å². The molecule has 0 saturated carbocycles. The van der Waals surface area contributed by atoms with E-state index in [1.54, 1.807) is 31.2 Å². The molecule has 0 amide bonds. The van der Waals surface area contributed by atoms with Gasteiger partial charge in [-0.25, -0.2) is 4.79 Å². The molecule has 0 aliphatic carbocycles. The van der Waals surface area contributed by atoms with Crippen molar-refractivity contribution < 1.29 is 43.2 Å². The van der Waals surface area contributed by atoms with Gasteiger partial charge in [-0.05, 0) is 25.1 Å². The summed E-state index contributed by atoms with van der Waals surface area (Å²) in [5.74, 6) is 1.47. The van der Waals surface area contributed by atoms with E-state index in [4.69, 9.17) is 35.0 Å². The molecule has 0 radical (unpaired) electrons. The number of epoxide rings is 1. The maximum absolute atomic E-state index is 13.0. The number of benzene rings is 3. The normalized spacial score (nSPS) is 25.2. The van der Waals surface area contributed by atoms with Gasteiger partial charge >= 0.3 is 5.97 Å². The van der Waals surface area contributed by atoms with Crippen molar-refractivity contribution in [2.45, 2.75) is 48.6 Å². The van der Waals surface area contributed by atoms with Crippen LogP contribution in [0.3, 0.4) is 0 Å². The van der Waals surface area contributed by atoms with Gasteiger partial charge in [-0.1, -0.05) is 42.0 Å². The summed E-state index contributed by atoms with van der Waals surface area (Å²) in [5.41, 5.74) is 0.867. The fraction of sp³-hybridized carbons (Fsp3) is 0.324. The lowest BCUT2D eigenvalue weighted by molar-refractivity contribution is -0.114. The minimum absolute atomic E-state index is 0.0348. The molecule has 8 rings (SSSR count). The zero-order chi connectivity index (χ0) is 34.9. The third-order valence-electron chi connectivity index (χ3n) is 8.35. The first kappa shape index (κ1) is 34.4. The molecule has 3 saturated heterocycles. The van der Waals surface area contributed by atoms with Crippen LogP contribution in [0.4, 0.5) is 0 Å². The van der Waals surface area contributed by atoms with Gasteiger partial charge in [0.05, 0.1) is 16.5 Å². The molecule has 50 heavy (non-hydrogen) atoms. The number of phenols is 2. The Labute approximate surface area is 300 Å². The van der Waals surface area contributed by atoms with E-state index in [1.807, 2.05) is 53.9 Å². The summed E-state index contributed by atoms with van der Waals surface area (Å²) in [5, 5.41) is 21.9. The third kappa shape index (κ3) is 8.10. The van der Waals surface area contributed by atoms with Crippen LogP contribution in [0, 0.1) is 0 Å². The number of phenolic OH excluding ortho intramolecular Hbond substituents is 2. The number of carbonyl (C=O) groups excluding carboxylic acids is 2. The second kappa shape index (κ2) is 14.6. The molecule has 2 unspecified atom stereocenters. The third-order valence-corrected chi connectivity index (χ3v) is 10.7. The Balaban J connectivity index is 0.000000157. The van der Waals surface area contributed by atoms with E-state index < -0.39 is 23.6 Å². The minimum Gasteiger partial charge on any atom is -0.507 e. The van der Waals surface area contributed by atoms with Crippen LogP contribution >= 0.6 is 35.1 Å². The monoisotopic (exact) mass is 736 g/mol. The van der Waals surface area contributed by atoms with Gasteiger partial charge in [0.1, 0.15) is 70.5 Å². The van der Waals surface area contributed by atoms with E-state index in [9.17, 15) is 24.6 Å². The number of allylic oxidation sites excluding steroid dienone is 3. The van der Waals surface area contributed by atoms with Crippen LogP contribution in [0.1, 0.15) is 29.3 Å². The van der Waals surface area contributed by atoms with Crippen molar-refractivity contribution in [3.05, 3.63) is 93.1 Å². The Morgan fingerprint density at radius 1 is 0.940 bits per heavy atom. The number of ether oxygens (including phenoxy) is 4. The molecule has 4 aliphatic heterocycles. The summed E-state index contributed by atoms with van der Waals surface area (Å²) in [4.78, 5) is 37.6. The number of halogens is 1. The van der Waals surface area contributed by atoms with Gasteiger partial charge in [0.15, 0.2) is 5.78 Å². The average Bonchev–Trinajstić information content (AvgIpc) is 3.95. The molecule has 0 bridgehead atoms. The number of fused-ring (bicyclic) bond motifs is 4. The van der Waals surface area contributed by atoms with Crippen molar-refractivity contribution in [1.29, 1.82) is 0 Å². The molecule has 3 fully saturated rings. The standard InChI is InChI=1S/C19H16O4S2.C18H17ClO6/c20-19-14-3-1-2-4-15(14)23-17-6-11(21-7-12-9-24-12)5-16(18(17)19)22-8-13-10-25-13;1-9-6-15-14(25-15)5-3-2-4-10(20)7-11-16(18(23)24-9)12(21)8-13(22)17(11)19/h1-6,12-13H,7-10H2;2-5,8-9,14-15,21-22H,6-7H2,1H3/b;4-2+,5-3-/t;9-,14-,15-/m.1/s1. The molecule has 13 heteroatoms. The first-order valence-electron chi connectivity index (χ1n) is 16.1. The number of cyclic esters (lactones) is 1. The van der Waals surface area contributed by atoms with Crippen LogP contribution in [-0.4, -0.2) is 75.5 Å². The number of thioether (sulfide) groups is 2. The number of hydrogen-bond acceptors (Lipinski definition) is 12. The van der Waals surface area contributed by atoms with E-state index in [0.717, 1.165) is 17.6 Å². The van der Waals surface area contributed by atoms with Crippen LogP contribution in [0.2, 0.25) is 5.02 Å². The smallest absolute Gasteiger partial charge is 0.342 e. The molecule has 10 nitrogen and oxygen atoms in total. The average molecular weight is 737 g/mol. The molecular weight excluding hydrogens is 704 g/mol. The molecule has 1 aromatic heterocycles. The van der Waals surface area contributed by atoms with Crippen molar-refractivity contribution in [3.8, 4) is 23.0 Å². The lowest BCUT2D eigenvalue weighted by atomic mass is 10.00. The Kier molecular flexibility index (Phi) is 10.1. The maximum atomic E-state index is 13.0. The van der Waals surface area contributed by atoms with Crippen LogP contribution in [0.25, 0.3) is 21.9 Å². The van der Waals surface area contributed by atoms with E-state index in [0.29, 0.717) is 63.6 Å². The first-order valence-corrected chi connectivity index (χ1v) is 18.6. The first-order chi connectivity index (χ1) is 24.1. The Morgan fingerprint density at radius 3 is 2.44 bits per heavy atom. The second-order valence-electron chi connectivity index (χ2n) is 12.3. The largest absolute Gasteiger partial charge is 0.507 e. The van der Waals surface area contributed by atoms with Crippen molar-refractivity contribution >= 4 is 68.8 Å². The summed E-state index contributed by atoms with van der Waals surface area (Å²) in [6.07, 6.45) is 6.13. The Morgan fingerprint density at radius 2 is 1.68 bits per heavy atom. The number of aromatic hydroxyl groups is 2. The number of ketones is 1. The minimum atomic E-state index is -0.802. The van der Waals surface area contributed by atoms with Gasteiger partial charge in [-0.2, -0.15) is 23.5 Å². The summed E-state index contributed by atoms with van der Waals surface area (Å²) < 4.78 is 28.6. The maximum Gasteiger partial charge on any atom is 0.342 e. The highest BCUT2D eigenvalue weighted by atomic mass is 35.5. The highest BCUT2D eigenvalue weighted by molar-refractivity contribution is 8.07. The van der Waals surface area contributed by atoms with Gasteiger partial charge in [-0.3, -0.25) is 9.59 Å². The van der Waals surface area contributed by atoms with Crippen LogP contribution < -0.4 is 14.9 Å². The Hall–Kier alpha value is -4.10. The van der Waals surface area contributed by atoms with Crippen molar-refractivity contribution in [2.75, 3.05) is 24.7 Å². The number of hydrogen-bond donors (Lipinski definition) is 2. The van der Waals surface area contributed by atoms with E-state index in [1.165, 1.54) is 6.08 Å². The quantitative estimate of drug-likeness (QED) is 0.125. The predicted octanol–water partition coefficient (Wildman–Crippen LogP) is 6.63. The Bertz CT molecular complexity index is 2080. The molecule has 2 N–H and O–H groups in total. The van der Waals surface area contributed by atoms with Crippen molar-refractivity contribution in [3.63, 3.8) is 0 Å². The molecule has 4 aromatic rings. The molecular formula is C37H33ClO10S2. The zero-order valence-electron chi connectivity index (χ0n) is 26.8. The lowest BCUT2D eigenvalue weighted by Gasteiger charge is -2.16. The molecule has 260 valence electrons. The second-order valence-corrected chi connectivity index (χ2v) is 15.4. The molecule has 5 atom stereocenters. The predicted molar refractivity (Wildman–Crippen MR) is 193 cm³/mol. The summed E-state index contributed by atoms with van der Waals surface area (Å²) in [6, 6.07) is 11.9. The van der Waals surface area contributed by atoms with Gasteiger partial charge < -0.3 is 33.6 Å². The fourth-order valence-corrected chi connectivity index (χ4v) is 6.55. The topological polar surface area (TPSA) is 145 Å². The SMILES string of the molecule is C[C@@H]1C[C@H]2O[C@@H]2/C=C\C=C\C(=O)Cc2c(Cl)c(O)cc(O)c2C(=O)O1.O=c1c2ccccc2oc2cc(OCC3CS3)cc(OCC3CS3)c12. The van der Waals surface area contributed by atoms with Crippen molar-refractivity contribution in [2.24, 2.45) is 0 Å². The van der Waals surface area contributed by atoms with E-state index >= 15 is 0 Å². The zero-order valence-corrected chi connectivity index (χ0v) is 29.2. The fourth-order valence-electron chi connectivity index (χ4n) is 5.54. The lowest BCUT2D eigenvalue weighted by Crippen LogP contribution is -2.19. The number of rotatable bonds is 6. The van der Waals surface area contributed by atoms with E-state index in [-0.39, 0.29) is 46.0 Å². The van der Waals surface area contributed by atoms with Gasteiger partial charge in [0, 0.05) is 58.6 Å². The summed E-state index contributed by atoms with van der Waals surface area (Å²) in [7, 11) is 0. The van der Waals surface area contributed by atoms with Gasteiger partial charge in [0.25, 0.3) is 0 Å². The molecule has 0 spiro atoms. The molecule has 4 aliphatic rings. The number of esters is 1. The van der Waals surface area contributed by atoms with Gasteiger partial charge in [0.2, 0.25) is 5.43 Å². The number of para-hydroxylation sites is 1. The van der Waals surface area contributed by atoms with Gasteiger partial charge in [-0.15, -0.1) is 0 Å². The summed E-state index contributed by atoms with van der Waals surface area (Å²) in [6.45, 7) is 3.00. The molecule has 5 heterocycles. The summed E-state index contributed by atoms with van der Waals surface area (Å²) >= 11 is 9.81. The number of carbonyl (C=O) groups is 2. The van der Waals surface area contributed by atoms with E-state index in [2.05, 4.69) is 0 Å². The van der Waals surface area contributed by atoms with Crippen molar-refractivity contribution in [1.82, 2.24) is 0 Å². The highest BCUT2D eigenvalue weighted by Crippen LogP contribution is 2.39. The van der Waals surface area contributed by atoms with Crippen LogP contribution in [0.15, 0.2) is 76.0 Å². The van der Waals surface area contributed by atoms with Crippen LogP contribution in [0.5, 0.6) is 23.0 Å². The highest BCUT2D eigenvalue weighted by Gasteiger charge is 2.38. The molecule has 3 aromatic carbocycles.